The first-order valence-corrected chi connectivity index (χ1v) is 7.69. The Labute approximate surface area is 122 Å². The number of hydrogen-bond donors (Lipinski definition) is 1. The molecule has 0 radical (unpaired) electrons. The Kier molecular flexibility index (Phi) is 4.94. The van der Waals surface area contributed by atoms with Gasteiger partial charge in [0, 0.05) is 18.0 Å². The molecule has 7 heteroatoms. The summed E-state index contributed by atoms with van der Waals surface area (Å²) in [6, 6.07) is 0.236. The average Bonchev–Trinajstić information content (AvgIpc) is 3.15. The Balaban J connectivity index is 2.00. The number of aromatic nitrogens is 1. The van der Waals surface area contributed by atoms with Gasteiger partial charge in [0.25, 0.3) is 0 Å². The van der Waals surface area contributed by atoms with Crippen LogP contribution in [0.1, 0.15) is 42.2 Å². The molecule has 1 heterocycles. The standard InChI is InChI=1S/C13H19N3O3S/c1-3-14-13(18)16(9-5-6-9)7-11-15-10(8-20-11)12(17)19-4-2/h8-9H,3-7H2,1-2H3,(H,14,18). The van der Waals surface area contributed by atoms with Crippen molar-refractivity contribution >= 4 is 23.3 Å². The Morgan fingerprint density at radius 1 is 1.50 bits per heavy atom. The molecule has 0 bridgehead atoms. The van der Waals surface area contributed by atoms with Crippen LogP contribution in [0.3, 0.4) is 0 Å². The zero-order chi connectivity index (χ0) is 14.5. The second-order valence-corrected chi connectivity index (χ2v) is 5.48. The van der Waals surface area contributed by atoms with E-state index in [0.717, 1.165) is 17.8 Å². The highest BCUT2D eigenvalue weighted by molar-refractivity contribution is 7.09. The van der Waals surface area contributed by atoms with Gasteiger partial charge in [0.15, 0.2) is 5.69 Å². The van der Waals surface area contributed by atoms with Crippen molar-refractivity contribution in [1.29, 1.82) is 0 Å². The normalized spacial score (nSPS) is 13.9. The lowest BCUT2D eigenvalue weighted by Gasteiger charge is -2.21. The molecule has 6 nitrogen and oxygen atoms in total. The minimum atomic E-state index is -0.411. The van der Waals surface area contributed by atoms with Gasteiger partial charge in [-0.3, -0.25) is 0 Å². The molecule has 1 aromatic heterocycles. The molecule has 1 N–H and O–H groups in total. The summed E-state index contributed by atoms with van der Waals surface area (Å²) in [6.07, 6.45) is 2.07. The molecular formula is C13H19N3O3S. The monoisotopic (exact) mass is 297 g/mol. The summed E-state index contributed by atoms with van der Waals surface area (Å²) in [5.41, 5.74) is 0.318. The van der Waals surface area contributed by atoms with E-state index in [4.69, 9.17) is 4.74 Å². The summed E-state index contributed by atoms with van der Waals surface area (Å²) in [7, 11) is 0. The van der Waals surface area contributed by atoms with Crippen LogP contribution >= 0.6 is 11.3 Å². The van der Waals surface area contributed by atoms with E-state index in [2.05, 4.69) is 10.3 Å². The van der Waals surface area contributed by atoms with Crippen LogP contribution in [-0.4, -0.2) is 41.1 Å². The van der Waals surface area contributed by atoms with E-state index in [0.29, 0.717) is 31.4 Å². The summed E-state index contributed by atoms with van der Waals surface area (Å²) in [6.45, 7) is 5.04. The molecule has 20 heavy (non-hydrogen) atoms. The fourth-order valence-corrected chi connectivity index (χ4v) is 2.59. The maximum absolute atomic E-state index is 12.0. The van der Waals surface area contributed by atoms with Crippen molar-refractivity contribution in [3.63, 3.8) is 0 Å². The van der Waals surface area contributed by atoms with Gasteiger partial charge in [-0.15, -0.1) is 11.3 Å². The molecule has 0 saturated heterocycles. The highest BCUT2D eigenvalue weighted by Crippen LogP contribution is 2.29. The van der Waals surface area contributed by atoms with Gasteiger partial charge < -0.3 is 15.0 Å². The van der Waals surface area contributed by atoms with Crippen LogP contribution in [0.2, 0.25) is 0 Å². The highest BCUT2D eigenvalue weighted by Gasteiger charge is 2.33. The van der Waals surface area contributed by atoms with Gasteiger partial charge >= 0.3 is 12.0 Å². The predicted octanol–water partition coefficient (Wildman–Crippen LogP) is 2.01. The van der Waals surface area contributed by atoms with Crippen molar-refractivity contribution < 1.29 is 14.3 Å². The maximum atomic E-state index is 12.0. The molecule has 1 aliphatic rings. The Morgan fingerprint density at radius 3 is 2.85 bits per heavy atom. The predicted molar refractivity (Wildman–Crippen MR) is 75.7 cm³/mol. The quantitative estimate of drug-likeness (QED) is 0.815. The van der Waals surface area contributed by atoms with Gasteiger partial charge in [-0.25, -0.2) is 14.6 Å². The first-order valence-electron chi connectivity index (χ1n) is 6.81. The zero-order valence-electron chi connectivity index (χ0n) is 11.7. The smallest absolute Gasteiger partial charge is 0.357 e. The minimum absolute atomic E-state index is 0.0668. The van der Waals surface area contributed by atoms with Gasteiger partial charge in [0.1, 0.15) is 5.01 Å². The van der Waals surface area contributed by atoms with E-state index in [1.54, 1.807) is 17.2 Å². The van der Waals surface area contributed by atoms with E-state index in [-0.39, 0.29) is 6.03 Å². The zero-order valence-corrected chi connectivity index (χ0v) is 12.5. The van der Waals surface area contributed by atoms with Gasteiger partial charge in [-0.2, -0.15) is 0 Å². The lowest BCUT2D eigenvalue weighted by atomic mass is 10.4. The summed E-state index contributed by atoms with van der Waals surface area (Å²) >= 11 is 1.38. The largest absolute Gasteiger partial charge is 0.461 e. The number of carbonyl (C=O) groups is 2. The molecule has 0 aromatic carbocycles. The molecule has 1 fully saturated rings. The number of nitrogens with one attached hydrogen (secondary N) is 1. The number of hydrogen-bond acceptors (Lipinski definition) is 5. The molecule has 2 rings (SSSR count). The van der Waals surface area contributed by atoms with Crippen LogP contribution in [0.4, 0.5) is 4.79 Å². The third kappa shape index (κ3) is 3.69. The number of carbonyl (C=O) groups excluding carboxylic acids is 2. The second kappa shape index (κ2) is 6.69. The minimum Gasteiger partial charge on any atom is -0.461 e. The third-order valence-corrected chi connectivity index (χ3v) is 3.75. The topological polar surface area (TPSA) is 71.5 Å². The van der Waals surface area contributed by atoms with Crippen LogP contribution in [0.25, 0.3) is 0 Å². The number of thiazole rings is 1. The van der Waals surface area contributed by atoms with E-state index in [9.17, 15) is 9.59 Å². The summed E-state index contributed by atoms with van der Waals surface area (Å²) < 4.78 is 4.90. The molecule has 0 spiro atoms. The average molecular weight is 297 g/mol. The number of urea groups is 1. The molecule has 2 amide bonds. The molecule has 1 saturated carbocycles. The highest BCUT2D eigenvalue weighted by atomic mass is 32.1. The SMILES string of the molecule is CCNC(=O)N(Cc1nc(C(=O)OCC)cs1)C1CC1. The van der Waals surface area contributed by atoms with Gasteiger partial charge in [0.2, 0.25) is 0 Å². The number of ether oxygens (including phenoxy) is 1. The van der Waals surface area contributed by atoms with Crippen molar-refractivity contribution in [3.8, 4) is 0 Å². The van der Waals surface area contributed by atoms with Crippen molar-refractivity contribution in [2.75, 3.05) is 13.2 Å². The first-order chi connectivity index (χ1) is 9.65. The van der Waals surface area contributed by atoms with Crippen LogP contribution in [0.15, 0.2) is 5.38 Å². The third-order valence-electron chi connectivity index (χ3n) is 2.92. The van der Waals surface area contributed by atoms with Gasteiger partial charge in [-0.05, 0) is 26.7 Å². The Bertz CT molecular complexity index is 485. The Hall–Kier alpha value is -1.63. The molecule has 110 valence electrons. The maximum Gasteiger partial charge on any atom is 0.357 e. The van der Waals surface area contributed by atoms with Crippen molar-refractivity contribution in [1.82, 2.24) is 15.2 Å². The van der Waals surface area contributed by atoms with E-state index < -0.39 is 5.97 Å². The molecule has 0 aliphatic heterocycles. The molecule has 1 aliphatic carbocycles. The van der Waals surface area contributed by atoms with Crippen LogP contribution in [0, 0.1) is 0 Å². The molecule has 0 unspecified atom stereocenters. The summed E-state index contributed by atoms with van der Waals surface area (Å²) in [5.74, 6) is -0.411. The van der Waals surface area contributed by atoms with Crippen molar-refractivity contribution in [3.05, 3.63) is 16.1 Å². The fourth-order valence-electron chi connectivity index (χ4n) is 1.83. The summed E-state index contributed by atoms with van der Waals surface area (Å²) in [4.78, 5) is 29.6. The number of nitrogens with zero attached hydrogens (tertiary/aromatic N) is 2. The van der Waals surface area contributed by atoms with Crippen LogP contribution < -0.4 is 5.32 Å². The molecule has 1 aromatic rings. The Morgan fingerprint density at radius 2 is 2.25 bits per heavy atom. The first kappa shape index (κ1) is 14.8. The lowest BCUT2D eigenvalue weighted by molar-refractivity contribution is 0.0520. The van der Waals surface area contributed by atoms with Crippen LogP contribution in [-0.2, 0) is 11.3 Å². The van der Waals surface area contributed by atoms with Crippen molar-refractivity contribution in [2.45, 2.75) is 39.3 Å². The number of esters is 1. The summed E-state index contributed by atoms with van der Waals surface area (Å²) in [5, 5.41) is 5.24. The number of amides is 2. The second-order valence-electron chi connectivity index (χ2n) is 4.54. The van der Waals surface area contributed by atoms with E-state index in [1.165, 1.54) is 11.3 Å². The lowest BCUT2D eigenvalue weighted by Crippen LogP contribution is -2.40. The fraction of sp³-hybridized carbons (Fsp3) is 0.615. The molecule has 0 atom stereocenters. The van der Waals surface area contributed by atoms with Gasteiger partial charge in [-0.1, -0.05) is 0 Å². The van der Waals surface area contributed by atoms with Crippen molar-refractivity contribution in [2.24, 2.45) is 0 Å². The van der Waals surface area contributed by atoms with Crippen LogP contribution in [0.5, 0.6) is 0 Å². The molecular weight excluding hydrogens is 278 g/mol. The van der Waals surface area contributed by atoms with E-state index >= 15 is 0 Å². The number of rotatable bonds is 6. The van der Waals surface area contributed by atoms with E-state index in [1.807, 2.05) is 6.92 Å². The van der Waals surface area contributed by atoms with Gasteiger partial charge in [0.05, 0.1) is 13.2 Å².